The fraction of sp³-hybridized carbons (Fsp3) is 0.400. The van der Waals surface area contributed by atoms with Crippen LogP contribution in [0.2, 0.25) is 0 Å². The number of imide groups is 1. The Labute approximate surface area is 188 Å². The molecule has 0 aromatic heterocycles. The average Bonchev–Trinajstić information content (AvgIpc) is 3.06. The van der Waals surface area contributed by atoms with Crippen LogP contribution in [0.4, 0.5) is 5.69 Å². The number of nitrogens with one attached hydrogen (secondary N) is 1. The van der Waals surface area contributed by atoms with Crippen molar-refractivity contribution in [2.45, 2.75) is 32.2 Å². The van der Waals surface area contributed by atoms with Crippen molar-refractivity contribution < 1.29 is 19.1 Å². The van der Waals surface area contributed by atoms with Gasteiger partial charge in [0, 0.05) is 38.3 Å². The average molecular weight is 436 g/mol. The third kappa shape index (κ3) is 5.41. The molecular weight excluding hydrogens is 406 g/mol. The van der Waals surface area contributed by atoms with Crippen molar-refractivity contribution in [1.29, 1.82) is 0 Å². The van der Waals surface area contributed by atoms with Crippen molar-refractivity contribution in [2.24, 2.45) is 0 Å². The lowest BCUT2D eigenvalue weighted by Gasteiger charge is -2.26. The minimum atomic E-state index is -0.222. The number of unbranched alkanes of at least 4 members (excludes halogenated alkanes) is 2. The first-order valence-corrected chi connectivity index (χ1v) is 11.3. The maximum atomic E-state index is 12.4. The first kappa shape index (κ1) is 22.2. The molecule has 2 aliphatic rings. The van der Waals surface area contributed by atoms with Crippen molar-refractivity contribution in [3.8, 4) is 0 Å². The van der Waals surface area contributed by atoms with E-state index in [9.17, 15) is 14.4 Å². The first-order valence-electron chi connectivity index (χ1n) is 11.3. The molecule has 4 rings (SSSR count). The molecular formula is C25H29N3O4. The SMILES string of the molecule is O=C(CCCCCN1C(=O)c2ccccc2C1=O)Nc1ccc(CN2CCOCC2)cc1. The molecule has 2 aliphatic heterocycles. The summed E-state index contributed by atoms with van der Waals surface area (Å²) in [6.45, 7) is 4.75. The van der Waals surface area contributed by atoms with Gasteiger partial charge in [0.1, 0.15) is 0 Å². The minimum Gasteiger partial charge on any atom is -0.379 e. The topological polar surface area (TPSA) is 79.0 Å². The molecule has 0 spiro atoms. The number of nitrogens with zero attached hydrogens (tertiary/aromatic N) is 2. The van der Waals surface area contributed by atoms with Gasteiger partial charge in [-0.15, -0.1) is 0 Å². The van der Waals surface area contributed by atoms with E-state index in [0.29, 0.717) is 36.9 Å². The van der Waals surface area contributed by atoms with Gasteiger partial charge in [-0.3, -0.25) is 24.2 Å². The van der Waals surface area contributed by atoms with E-state index in [0.717, 1.165) is 45.0 Å². The van der Waals surface area contributed by atoms with Gasteiger partial charge in [-0.2, -0.15) is 0 Å². The Kier molecular flexibility index (Phi) is 7.29. The van der Waals surface area contributed by atoms with Gasteiger partial charge < -0.3 is 10.1 Å². The third-order valence-corrected chi connectivity index (χ3v) is 5.91. The van der Waals surface area contributed by atoms with E-state index < -0.39 is 0 Å². The molecule has 3 amide bonds. The minimum absolute atomic E-state index is 0.0216. The Balaban J connectivity index is 1.14. The number of anilines is 1. The molecule has 1 N–H and O–H groups in total. The first-order chi connectivity index (χ1) is 15.6. The lowest BCUT2D eigenvalue weighted by atomic mass is 10.1. The second-order valence-electron chi connectivity index (χ2n) is 8.25. The summed E-state index contributed by atoms with van der Waals surface area (Å²) in [5.74, 6) is -0.465. The standard InChI is InChI=1S/C25H29N3O4/c29-23(26-20-11-9-19(10-12-20)18-27-14-16-32-17-15-27)8-2-1-5-13-28-24(30)21-6-3-4-7-22(21)25(28)31/h3-4,6-7,9-12H,1-2,5,8,13-18H2,(H,26,29). The molecule has 0 saturated carbocycles. The van der Waals surface area contributed by atoms with Gasteiger partial charge in [0.15, 0.2) is 0 Å². The normalized spacial score (nSPS) is 16.3. The van der Waals surface area contributed by atoms with Crippen molar-refractivity contribution in [1.82, 2.24) is 9.80 Å². The van der Waals surface area contributed by atoms with Crippen LogP contribution in [-0.4, -0.2) is 60.4 Å². The molecule has 2 heterocycles. The van der Waals surface area contributed by atoms with E-state index in [1.54, 1.807) is 24.3 Å². The number of benzene rings is 2. The number of hydrogen-bond donors (Lipinski definition) is 1. The number of amides is 3. The summed E-state index contributed by atoms with van der Waals surface area (Å²) in [4.78, 5) is 40.6. The zero-order valence-electron chi connectivity index (χ0n) is 18.2. The van der Waals surface area contributed by atoms with E-state index in [1.165, 1.54) is 10.5 Å². The number of hydrogen-bond acceptors (Lipinski definition) is 5. The van der Waals surface area contributed by atoms with Crippen molar-refractivity contribution in [3.05, 3.63) is 65.2 Å². The van der Waals surface area contributed by atoms with Gasteiger partial charge >= 0.3 is 0 Å². The molecule has 1 saturated heterocycles. The number of fused-ring (bicyclic) bond motifs is 1. The van der Waals surface area contributed by atoms with Crippen LogP contribution in [0.15, 0.2) is 48.5 Å². The van der Waals surface area contributed by atoms with E-state index in [2.05, 4.69) is 10.2 Å². The van der Waals surface area contributed by atoms with Gasteiger partial charge in [-0.05, 0) is 42.7 Å². The summed E-state index contributed by atoms with van der Waals surface area (Å²) in [7, 11) is 0. The van der Waals surface area contributed by atoms with Crippen LogP contribution in [0.25, 0.3) is 0 Å². The fourth-order valence-electron chi connectivity index (χ4n) is 4.11. The van der Waals surface area contributed by atoms with E-state index in [1.807, 2.05) is 24.3 Å². The lowest BCUT2D eigenvalue weighted by molar-refractivity contribution is -0.116. The zero-order chi connectivity index (χ0) is 22.3. The second kappa shape index (κ2) is 10.5. The lowest BCUT2D eigenvalue weighted by Crippen LogP contribution is -2.35. The van der Waals surface area contributed by atoms with E-state index in [-0.39, 0.29) is 17.7 Å². The summed E-state index contributed by atoms with van der Waals surface area (Å²) < 4.78 is 5.37. The smallest absolute Gasteiger partial charge is 0.261 e. The van der Waals surface area contributed by atoms with Crippen LogP contribution in [0.3, 0.4) is 0 Å². The molecule has 1 fully saturated rings. The molecule has 0 aliphatic carbocycles. The van der Waals surface area contributed by atoms with Crippen molar-refractivity contribution >= 4 is 23.4 Å². The van der Waals surface area contributed by atoms with Crippen LogP contribution < -0.4 is 5.32 Å². The maximum absolute atomic E-state index is 12.4. The molecule has 7 nitrogen and oxygen atoms in total. The third-order valence-electron chi connectivity index (χ3n) is 5.91. The van der Waals surface area contributed by atoms with Crippen LogP contribution in [-0.2, 0) is 16.1 Å². The molecule has 7 heteroatoms. The number of carbonyl (C=O) groups is 3. The van der Waals surface area contributed by atoms with Crippen molar-refractivity contribution in [3.63, 3.8) is 0 Å². The highest BCUT2D eigenvalue weighted by Crippen LogP contribution is 2.23. The predicted molar refractivity (Wildman–Crippen MR) is 121 cm³/mol. The summed E-state index contributed by atoms with van der Waals surface area (Å²) in [6.07, 6.45) is 2.59. The Morgan fingerprint density at radius 1 is 0.875 bits per heavy atom. The molecule has 168 valence electrons. The van der Waals surface area contributed by atoms with E-state index in [4.69, 9.17) is 4.74 Å². The molecule has 2 aromatic carbocycles. The summed E-state index contributed by atoms with van der Waals surface area (Å²) in [5.41, 5.74) is 2.98. The van der Waals surface area contributed by atoms with Gasteiger partial charge in [-0.1, -0.05) is 30.7 Å². The zero-order valence-corrected chi connectivity index (χ0v) is 18.2. The number of morpholine rings is 1. The largest absolute Gasteiger partial charge is 0.379 e. The van der Waals surface area contributed by atoms with Crippen LogP contribution in [0, 0.1) is 0 Å². The van der Waals surface area contributed by atoms with Gasteiger partial charge in [-0.25, -0.2) is 0 Å². The summed E-state index contributed by atoms with van der Waals surface area (Å²) in [6, 6.07) is 14.9. The van der Waals surface area contributed by atoms with Crippen LogP contribution >= 0.6 is 0 Å². The number of carbonyl (C=O) groups excluding carboxylic acids is 3. The number of rotatable bonds is 9. The summed E-state index contributed by atoms with van der Waals surface area (Å²) >= 11 is 0. The maximum Gasteiger partial charge on any atom is 0.261 e. The summed E-state index contributed by atoms with van der Waals surface area (Å²) in [5, 5.41) is 2.94. The molecule has 0 radical (unpaired) electrons. The van der Waals surface area contributed by atoms with Crippen molar-refractivity contribution in [2.75, 3.05) is 38.2 Å². The quantitative estimate of drug-likeness (QED) is 0.483. The Hall–Kier alpha value is -3.03. The van der Waals surface area contributed by atoms with Crippen LogP contribution in [0.5, 0.6) is 0 Å². The van der Waals surface area contributed by atoms with Gasteiger partial charge in [0.05, 0.1) is 24.3 Å². The Bertz CT molecular complexity index is 932. The molecule has 0 bridgehead atoms. The fourth-order valence-corrected chi connectivity index (χ4v) is 4.11. The van der Waals surface area contributed by atoms with Crippen LogP contribution in [0.1, 0.15) is 52.0 Å². The molecule has 0 unspecified atom stereocenters. The Morgan fingerprint density at radius 2 is 1.53 bits per heavy atom. The molecule has 0 atom stereocenters. The monoisotopic (exact) mass is 435 g/mol. The Morgan fingerprint density at radius 3 is 2.19 bits per heavy atom. The molecule has 32 heavy (non-hydrogen) atoms. The highest BCUT2D eigenvalue weighted by Gasteiger charge is 2.34. The molecule has 2 aromatic rings. The highest BCUT2D eigenvalue weighted by atomic mass is 16.5. The predicted octanol–water partition coefficient (Wildman–Crippen LogP) is 3.31. The highest BCUT2D eigenvalue weighted by molar-refractivity contribution is 6.21. The van der Waals surface area contributed by atoms with Gasteiger partial charge in [0.25, 0.3) is 11.8 Å². The van der Waals surface area contributed by atoms with Gasteiger partial charge in [0.2, 0.25) is 5.91 Å². The number of ether oxygens (including phenoxy) is 1. The van der Waals surface area contributed by atoms with E-state index >= 15 is 0 Å². The second-order valence-corrected chi connectivity index (χ2v) is 8.25.